The molecule has 3 heteroatoms. The first-order chi connectivity index (χ1) is 8.09. The summed E-state index contributed by atoms with van der Waals surface area (Å²) in [7, 11) is 0. The summed E-state index contributed by atoms with van der Waals surface area (Å²) in [5.41, 5.74) is 0. The molecular weight excluding hydrogens is 212 g/mol. The van der Waals surface area contributed by atoms with Gasteiger partial charge in [-0.25, -0.2) is 4.79 Å². The molecular formula is C14H26N2O. The van der Waals surface area contributed by atoms with E-state index in [0.29, 0.717) is 12.1 Å². The molecule has 0 aromatic carbocycles. The van der Waals surface area contributed by atoms with Gasteiger partial charge in [-0.2, -0.15) is 0 Å². The monoisotopic (exact) mass is 238 g/mol. The van der Waals surface area contributed by atoms with Crippen molar-refractivity contribution in [3.63, 3.8) is 0 Å². The van der Waals surface area contributed by atoms with Crippen molar-refractivity contribution in [2.45, 2.75) is 65.0 Å². The van der Waals surface area contributed by atoms with E-state index in [1.54, 1.807) is 0 Å². The zero-order valence-electron chi connectivity index (χ0n) is 11.5. The summed E-state index contributed by atoms with van der Waals surface area (Å²) in [6.07, 6.45) is 5.94. The standard InChI is InChI=1S/C14H26N2O/c1-11-7-9-15(10-8-11)14(17)16-12(2)5-4-6-13(16)3/h11-13H,4-10H2,1-3H3. The molecule has 98 valence electrons. The maximum atomic E-state index is 12.5. The molecule has 2 rings (SSSR count). The Morgan fingerprint density at radius 1 is 0.941 bits per heavy atom. The van der Waals surface area contributed by atoms with Gasteiger partial charge in [-0.05, 0) is 51.9 Å². The summed E-state index contributed by atoms with van der Waals surface area (Å²) in [5.74, 6) is 0.787. The minimum atomic E-state index is 0.289. The van der Waals surface area contributed by atoms with E-state index >= 15 is 0 Å². The van der Waals surface area contributed by atoms with Gasteiger partial charge >= 0.3 is 6.03 Å². The molecule has 0 aliphatic carbocycles. The Bertz CT molecular complexity index is 261. The van der Waals surface area contributed by atoms with Gasteiger partial charge in [-0.3, -0.25) is 0 Å². The largest absolute Gasteiger partial charge is 0.325 e. The summed E-state index contributed by atoms with van der Waals surface area (Å²) in [4.78, 5) is 16.7. The minimum Gasteiger partial charge on any atom is -0.325 e. The van der Waals surface area contributed by atoms with Gasteiger partial charge < -0.3 is 9.80 Å². The molecule has 0 radical (unpaired) electrons. The third kappa shape index (κ3) is 2.75. The van der Waals surface area contributed by atoms with E-state index < -0.39 is 0 Å². The molecule has 2 heterocycles. The Morgan fingerprint density at radius 3 is 2.00 bits per heavy atom. The minimum absolute atomic E-state index is 0.289. The molecule has 2 aliphatic heterocycles. The number of hydrogen-bond donors (Lipinski definition) is 0. The average molecular weight is 238 g/mol. The van der Waals surface area contributed by atoms with E-state index in [4.69, 9.17) is 0 Å². The van der Waals surface area contributed by atoms with Crippen molar-refractivity contribution in [1.82, 2.24) is 9.80 Å². The molecule has 2 saturated heterocycles. The van der Waals surface area contributed by atoms with E-state index in [1.807, 2.05) is 0 Å². The van der Waals surface area contributed by atoms with Crippen LogP contribution in [0.1, 0.15) is 52.9 Å². The van der Waals surface area contributed by atoms with Crippen LogP contribution in [-0.2, 0) is 0 Å². The first-order valence-corrected chi connectivity index (χ1v) is 7.17. The molecule has 2 amide bonds. The van der Waals surface area contributed by atoms with Crippen molar-refractivity contribution < 1.29 is 4.79 Å². The number of piperidine rings is 2. The van der Waals surface area contributed by atoms with Crippen molar-refractivity contribution in [2.75, 3.05) is 13.1 Å². The van der Waals surface area contributed by atoms with Gasteiger partial charge in [-0.1, -0.05) is 6.92 Å². The lowest BCUT2D eigenvalue weighted by atomic mass is 9.97. The average Bonchev–Trinajstić information content (AvgIpc) is 2.29. The van der Waals surface area contributed by atoms with Crippen LogP contribution in [-0.4, -0.2) is 41.0 Å². The Balaban J connectivity index is 1.98. The van der Waals surface area contributed by atoms with Gasteiger partial charge in [0.15, 0.2) is 0 Å². The van der Waals surface area contributed by atoms with Crippen LogP contribution in [0.2, 0.25) is 0 Å². The van der Waals surface area contributed by atoms with Crippen LogP contribution in [0.15, 0.2) is 0 Å². The first-order valence-electron chi connectivity index (χ1n) is 7.17. The van der Waals surface area contributed by atoms with Gasteiger partial charge in [0, 0.05) is 25.2 Å². The van der Waals surface area contributed by atoms with Crippen molar-refractivity contribution in [3.8, 4) is 0 Å². The predicted octanol–water partition coefficient (Wildman–Crippen LogP) is 3.10. The number of likely N-dealkylation sites (tertiary alicyclic amines) is 2. The molecule has 0 N–H and O–H groups in total. The second-order valence-electron chi connectivity index (χ2n) is 5.99. The molecule has 0 aromatic heterocycles. The third-order valence-electron chi connectivity index (χ3n) is 4.47. The van der Waals surface area contributed by atoms with E-state index in [-0.39, 0.29) is 6.03 Å². The highest BCUT2D eigenvalue weighted by atomic mass is 16.2. The third-order valence-corrected chi connectivity index (χ3v) is 4.47. The predicted molar refractivity (Wildman–Crippen MR) is 70.0 cm³/mol. The second kappa shape index (κ2) is 5.28. The Hall–Kier alpha value is -0.730. The summed E-state index contributed by atoms with van der Waals surface area (Å²) in [6, 6.07) is 1.13. The molecule has 2 fully saturated rings. The lowest BCUT2D eigenvalue weighted by Gasteiger charge is -2.43. The maximum absolute atomic E-state index is 12.5. The van der Waals surface area contributed by atoms with Crippen LogP contribution in [0.4, 0.5) is 4.79 Å². The lowest BCUT2D eigenvalue weighted by Crippen LogP contribution is -2.54. The number of amides is 2. The van der Waals surface area contributed by atoms with Crippen LogP contribution in [0, 0.1) is 5.92 Å². The molecule has 2 atom stereocenters. The number of nitrogens with zero attached hydrogens (tertiary/aromatic N) is 2. The van der Waals surface area contributed by atoms with Gasteiger partial charge in [0.05, 0.1) is 0 Å². The van der Waals surface area contributed by atoms with E-state index in [2.05, 4.69) is 30.6 Å². The maximum Gasteiger partial charge on any atom is 0.320 e. The highest BCUT2D eigenvalue weighted by Gasteiger charge is 2.32. The van der Waals surface area contributed by atoms with E-state index in [9.17, 15) is 4.79 Å². The van der Waals surface area contributed by atoms with Gasteiger partial charge in [0.25, 0.3) is 0 Å². The molecule has 2 unspecified atom stereocenters. The number of urea groups is 1. The summed E-state index contributed by atoms with van der Waals surface area (Å²) >= 11 is 0. The number of hydrogen-bond acceptors (Lipinski definition) is 1. The summed E-state index contributed by atoms with van der Waals surface area (Å²) in [6.45, 7) is 8.58. The Labute approximate surface area is 105 Å². The number of carbonyl (C=O) groups excluding carboxylic acids is 1. The Kier molecular flexibility index (Phi) is 3.95. The molecule has 3 nitrogen and oxygen atoms in total. The zero-order chi connectivity index (χ0) is 12.4. The molecule has 17 heavy (non-hydrogen) atoms. The molecule has 0 aromatic rings. The Morgan fingerprint density at radius 2 is 1.47 bits per heavy atom. The SMILES string of the molecule is CC1CCN(C(=O)N2C(C)CCCC2C)CC1. The highest BCUT2D eigenvalue weighted by molar-refractivity contribution is 5.75. The van der Waals surface area contributed by atoms with Crippen LogP contribution < -0.4 is 0 Å². The molecule has 2 aliphatic rings. The molecule has 0 spiro atoms. The smallest absolute Gasteiger partial charge is 0.320 e. The fraction of sp³-hybridized carbons (Fsp3) is 0.929. The topological polar surface area (TPSA) is 23.6 Å². The molecule has 0 bridgehead atoms. The van der Waals surface area contributed by atoms with Crippen molar-refractivity contribution in [2.24, 2.45) is 5.92 Å². The summed E-state index contributed by atoms with van der Waals surface area (Å²) in [5, 5.41) is 0. The van der Waals surface area contributed by atoms with Crippen molar-refractivity contribution in [3.05, 3.63) is 0 Å². The van der Waals surface area contributed by atoms with Crippen molar-refractivity contribution in [1.29, 1.82) is 0 Å². The second-order valence-corrected chi connectivity index (χ2v) is 5.99. The highest BCUT2D eigenvalue weighted by Crippen LogP contribution is 2.25. The van der Waals surface area contributed by atoms with E-state index in [0.717, 1.165) is 19.0 Å². The number of rotatable bonds is 0. The fourth-order valence-electron chi connectivity index (χ4n) is 3.16. The van der Waals surface area contributed by atoms with Gasteiger partial charge in [0.2, 0.25) is 0 Å². The lowest BCUT2D eigenvalue weighted by molar-refractivity contribution is 0.0826. The normalized spacial score (nSPS) is 31.7. The number of carbonyl (C=O) groups is 1. The van der Waals surface area contributed by atoms with Gasteiger partial charge in [0.1, 0.15) is 0 Å². The van der Waals surface area contributed by atoms with Crippen LogP contribution >= 0.6 is 0 Å². The zero-order valence-corrected chi connectivity index (χ0v) is 11.5. The van der Waals surface area contributed by atoms with Crippen LogP contribution in [0.5, 0.6) is 0 Å². The van der Waals surface area contributed by atoms with E-state index in [1.165, 1.54) is 32.1 Å². The fourth-order valence-corrected chi connectivity index (χ4v) is 3.16. The quantitative estimate of drug-likeness (QED) is 0.636. The molecule has 0 saturated carbocycles. The van der Waals surface area contributed by atoms with Crippen LogP contribution in [0.25, 0.3) is 0 Å². The van der Waals surface area contributed by atoms with Crippen molar-refractivity contribution >= 4 is 6.03 Å². The van der Waals surface area contributed by atoms with Gasteiger partial charge in [-0.15, -0.1) is 0 Å². The van der Waals surface area contributed by atoms with Crippen LogP contribution in [0.3, 0.4) is 0 Å². The first kappa shape index (κ1) is 12.7. The summed E-state index contributed by atoms with van der Waals surface area (Å²) < 4.78 is 0.